The van der Waals surface area contributed by atoms with E-state index in [9.17, 15) is 14.4 Å². The minimum atomic E-state index is -0.899. The van der Waals surface area contributed by atoms with Crippen LogP contribution >= 0.6 is 0 Å². The van der Waals surface area contributed by atoms with Crippen LogP contribution in [-0.2, 0) is 14.3 Å². The fourth-order valence-electron chi connectivity index (χ4n) is 4.26. The van der Waals surface area contributed by atoms with Gasteiger partial charge in [-0.1, -0.05) is 57.7 Å². The number of carbonyl (C=O) groups excluding carboxylic acids is 3. The molecule has 0 heterocycles. The van der Waals surface area contributed by atoms with E-state index in [1.165, 1.54) is 0 Å². The molecule has 1 aromatic rings. The van der Waals surface area contributed by atoms with Gasteiger partial charge in [-0.25, -0.2) is 4.79 Å². The van der Waals surface area contributed by atoms with Crippen molar-refractivity contribution in [3.63, 3.8) is 0 Å². The maximum atomic E-state index is 14.2. The minimum absolute atomic E-state index is 0.0515. The second-order valence-corrected chi connectivity index (χ2v) is 10.8. The summed E-state index contributed by atoms with van der Waals surface area (Å²) in [4.78, 5) is 42.3. The van der Waals surface area contributed by atoms with E-state index < -0.39 is 23.8 Å². The summed E-state index contributed by atoms with van der Waals surface area (Å²) in [6.07, 6.45) is 9.14. The molecule has 0 aliphatic heterocycles. The second-order valence-electron chi connectivity index (χ2n) is 10.8. The first kappa shape index (κ1) is 29.2. The van der Waals surface area contributed by atoms with Gasteiger partial charge < -0.3 is 20.3 Å². The highest BCUT2D eigenvalue weighted by atomic mass is 16.6. The Morgan fingerprint density at radius 3 is 2.31 bits per heavy atom. The van der Waals surface area contributed by atoms with Gasteiger partial charge in [0.2, 0.25) is 11.8 Å². The molecule has 4 unspecified atom stereocenters. The molecule has 36 heavy (non-hydrogen) atoms. The van der Waals surface area contributed by atoms with Gasteiger partial charge in [0.1, 0.15) is 17.7 Å². The lowest BCUT2D eigenvalue weighted by Crippen LogP contribution is -2.56. The molecule has 1 aliphatic rings. The Kier molecular flexibility index (Phi) is 10.4. The molecule has 1 aromatic carbocycles. The molecule has 1 saturated carbocycles. The van der Waals surface area contributed by atoms with Crippen LogP contribution < -0.4 is 10.6 Å². The highest BCUT2D eigenvalue weighted by Gasteiger charge is 2.45. The Hall–Kier alpha value is -3.01. The number of amides is 3. The fraction of sp³-hybridized carbons (Fsp3) is 0.621. The van der Waals surface area contributed by atoms with E-state index in [1.807, 2.05) is 39.0 Å². The van der Waals surface area contributed by atoms with Gasteiger partial charge in [0.05, 0.1) is 0 Å². The van der Waals surface area contributed by atoms with Crippen LogP contribution in [0.5, 0.6) is 0 Å². The van der Waals surface area contributed by atoms with E-state index in [0.717, 1.165) is 25.7 Å². The number of nitrogens with zero attached hydrogens (tertiary/aromatic N) is 1. The predicted octanol–water partition coefficient (Wildman–Crippen LogP) is 4.94. The van der Waals surface area contributed by atoms with Crippen LogP contribution in [0.2, 0.25) is 0 Å². The van der Waals surface area contributed by atoms with E-state index in [1.54, 1.807) is 31.7 Å². The Balaban J connectivity index is 2.52. The molecule has 1 fully saturated rings. The van der Waals surface area contributed by atoms with Crippen LogP contribution in [0.15, 0.2) is 24.3 Å². The van der Waals surface area contributed by atoms with Gasteiger partial charge in [-0.2, -0.15) is 0 Å². The number of hydrogen-bond acceptors (Lipinski definition) is 4. The molecule has 198 valence electrons. The highest BCUT2D eigenvalue weighted by Crippen LogP contribution is 2.37. The molecule has 2 rings (SSSR count). The normalized spacial score (nSPS) is 16.6. The number of benzene rings is 1. The number of carbonyl (C=O) groups is 3. The van der Waals surface area contributed by atoms with Crippen molar-refractivity contribution in [3.05, 3.63) is 35.4 Å². The lowest BCUT2D eigenvalue weighted by molar-refractivity contribution is -0.144. The zero-order valence-electron chi connectivity index (χ0n) is 22.9. The smallest absolute Gasteiger partial charge is 0.408 e. The van der Waals surface area contributed by atoms with E-state index >= 15 is 0 Å². The minimum Gasteiger partial charge on any atom is -0.444 e. The summed E-state index contributed by atoms with van der Waals surface area (Å²) in [5.74, 6) is 1.94. The third-order valence-electron chi connectivity index (χ3n) is 6.39. The summed E-state index contributed by atoms with van der Waals surface area (Å²) < 4.78 is 5.45. The molecule has 7 nitrogen and oxygen atoms in total. The predicted molar refractivity (Wildman–Crippen MR) is 142 cm³/mol. The van der Waals surface area contributed by atoms with Crippen LogP contribution in [0.4, 0.5) is 4.79 Å². The summed E-state index contributed by atoms with van der Waals surface area (Å²) in [6, 6.07) is 5.35. The van der Waals surface area contributed by atoms with Crippen LogP contribution in [0.25, 0.3) is 0 Å². The number of terminal acetylenes is 1. The van der Waals surface area contributed by atoms with Gasteiger partial charge in [0.15, 0.2) is 0 Å². The molecule has 0 aromatic heterocycles. The van der Waals surface area contributed by atoms with E-state index in [4.69, 9.17) is 11.2 Å². The van der Waals surface area contributed by atoms with Crippen molar-refractivity contribution in [1.82, 2.24) is 15.5 Å². The van der Waals surface area contributed by atoms with Crippen molar-refractivity contribution in [2.75, 3.05) is 0 Å². The quantitative estimate of drug-likeness (QED) is 0.424. The van der Waals surface area contributed by atoms with Gasteiger partial charge in [-0.15, -0.1) is 6.42 Å². The Morgan fingerprint density at radius 1 is 1.14 bits per heavy atom. The SMILES string of the molecule is C#Cc1ccccc1C(C(=O)NC(C)CCC)N(C(=O)C(NC(=O)OC(C)(C)C)C(C)CC)C1CC1. The standard InChI is InChI=1S/C29H43N3O4/c1-9-14-20(5)30-26(33)25(23-16-13-12-15-21(23)11-3)32(22-17-18-22)27(34)24(19(4)10-2)31-28(35)36-29(6,7)8/h3,12-13,15-16,19-20,22,24-25H,9-10,14,17-18H2,1-2,4-8H3,(H,30,33)(H,31,35). The Morgan fingerprint density at radius 2 is 1.78 bits per heavy atom. The fourth-order valence-corrected chi connectivity index (χ4v) is 4.26. The summed E-state index contributed by atoms with van der Waals surface area (Å²) in [6.45, 7) is 13.2. The number of hydrogen-bond donors (Lipinski definition) is 2. The van der Waals surface area contributed by atoms with Crippen LogP contribution in [0.1, 0.15) is 97.7 Å². The van der Waals surface area contributed by atoms with Gasteiger partial charge >= 0.3 is 6.09 Å². The maximum absolute atomic E-state index is 14.2. The molecular weight excluding hydrogens is 454 g/mol. The zero-order valence-corrected chi connectivity index (χ0v) is 22.9. The first-order valence-corrected chi connectivity index (χ1v) is 13.1. The maximum Gasteiger partial charge on any atom is 0.408 e. The Labute approximate surface area is 216 Å². The molecular formula is C29H43N3O4. The largest absolute Gasteiger partial charge is 0.444 e. The number of nitrogens with one attached hydrogen (secondary N) is 2. The molecule has 7 heteroatoms. The second kappa shape index (κ2) is 12.8. The number of rotatable bonds is 11. The Bertz CT molecular complexity index is 958. The number of ether oxygens (including phenoxy) is 1. The summed E-state index contributed by atoms with van der Waals surface area (Å²) >= 11 is 0. The van der Waals surface area contributed by atoms with Crippen LogP contribution in [0, 0.1) is 18.3 Å². The van der Waals surface area contributed by atoms with Gasteiger partial charge in [0.25, 0.3) is 0 Å². The molecule has 0 spiro atoms. The van der Waals surface area contributed by atoms with Gasteiger partial charge in [-0.05, 0) is 64.5 Å². The summed E-state index contributed by atoms with van der Waals surface area (Å²) in [5.41, 5.74) is 0.480. The molecule has 2 N–H and O–H groups in total. The van der Waals surface area contributed by atoms with Crippen molar-refractivity contribution in [3.8, 4) is 12.3 Å². The topological polar surface area (TPSA) is 87.7 Å². The molecule has 0 saturated heterocycles. The van der Waals surface area contributed by atoms with Crippen molar-refractivity contribution in [1.29, 1.82) is 0 Å². The monoisotopic (exact) mass is 497 g/mol. The number of alkyl carbamates (subject to hydrolysis) is 1. The van der Waals surface area contributed by atoms with Gasteiger partial charge in [0, 0.05) is 17.6 Å². The molecule has 0 bridgehead atoms. The van der Waals surface area contributed by atoms with E-state index in [2.05, 4.69) is 23.5 Å². The highest BCUT2D eigenvalue weighted by molar-refractivity contribution is 5.93. The third-order valence-corrected chi connectivity index (χ3v) is 6.39. The average Bonchev–Trinajstić information content (AvgIpc) is 3.64. The lowest BCUT2D eigenvalue weighted by atomic mass is 9.94. The van der Waals surface area contributed by atoms with Crippen LogP contribution in [0.3, 0.4) is 0 Å². The van der Waals surface area contributed by atoms with Crippen molar-refractivity contribution in [2.45, 2.75) is 110 Å². The lowest BCUT2D eigenvalue weighted by Gasteiger charge is -2.37. The molecule has 1 aliphatic carbocycles. The summed E-state index contributed by atoms with van der Waals surface area (Å²) in [5, 5.41) is 5.89. The third kappa shape index (κ3) is 8.01. The summed E-state index contributed by atoms with van der Waals surface area (Å²) in [7, 11) is 0. The molecule has 0 radical (unpaired) electrons. The van der Waals surface area contributed by atoms with Crippen molar-refractivity contribution < 1.29 is 19.1 Å². The first-order valence-electron chi connectivity index (χ1n) is 13.1. The molecule has 3 amide bonds. The van der Waals surface area contributed by atoms with Gasteiger partial charge in [-0.3, -0.25) is 9.59 Å². The average molecular weight is 498 g/mol. The van der Waals surface area contributed by atoms with Crippen LogP contribution in [-0.4, -0.2) is 46.5 Å². The van der Waals surface area contributed by atoms with Crippen molar-refractivity contribution >= 4 is 17.9 Å². The first-order chi connectivity index (χ1) is 16.9. The van der Waals surface area contributed by atoms with E-state index in [0.29, 0.717) is 17.5 Å². The van der Waals surface area contributed by atoms with E-state index in [-0.39, 0.29) is 29.8 Å². The zero-order chi connectivity index (χ0) is 27.0. The van der Waals surface area contributed by atoms with Crippen molar-refractivity contribution in [2.24, 2.45) is 5.92 Å². The molecule has 4 atom stereocenters.